The van der Waals surface area contributed by atoms with E-state index in [9.17, 15) is 4.39 Å². The standard InChI is InChI=1S/C7H8FN.2FH/c1-5-2-3-6(9)4-7(5)8;;/h2-4H,9H2,1H3;2*1H. The zero-order chi connectivity index (χ0) is 6.85. The summed E-state index contributed by atoms with van der Waals surface area (Å²) >= 11 is 0. The Morgan fingerprint density at radius 1 is 1.27 bits per heavy atom. The second-order valence-corrected chi connectivity index (χ2v) is 2.01. The Kier molecular flexibility index (Phi) is 5.22. The number of nitrogens with two attached hydrogens (primary N) is 1. The first-order valence-corrected chi connectivity index (χ1v) is 2.72. The molecule has 0 aliphatic carbocycles. The largest absolute Gasteiger partial charge is 0.399 e. The Morgan fingerprint density at radius 2 is 1.82 bits per heavy atom. The zero-order valence-corrected chi connectivity index (χ0v) is 6.00. The van der Waals surface area contributed by atoms with Crippen molar-refractivity contribution in [2.45, 2.75) is 6.92 Å². The summed E-state index contributed by atoms with van der Waals surface area (Å²) in [5.41, 5.74) is 6.39. The third-order valence-corrected chi connectivity index (χ3v) is 1.20. The highest BCUT2D eigenvalue weighted by atomic mass is 19.1. The number of benzene rings is 1. The van der Waals surface area contributed by atoms with Crippen LogP contribution in [-0.2, 0) is 0 Å². The van der Waals surface area contributed by atoms with Crippen molar-refractivity contribution in [1.29, 1.82) is 0 Å². The third kappa shape index (κ3) is 2.93. The molecule has 64 valence electrons. The van der Waals surface area contributed by atoms with E-state index in [1.165, 1.54) is 6.07 Å². The van der Waals surface area contributed by atoms with Crippen molar-refractivity contribution >= 4 is 5.69 Å². The molecule has 0 spiro atoms. The molecule has 1 aromatic rings. The van der Waals surface area contributed by atoms with Crippen LogP contribution >= 0.6 is 0 Å². The number of rotatable bonds is 0. The van der Waals surface area contributed by atoms with Crippen LogP contribution in [0.1, 0.15) is 5.56 Å². The second kappa shape index (κ2) is 4.60. The summed E-state index contributed by atoms with van der Waals surface area (Å²) in [6, 6.07) is 4.65. The van der Waals surface area contributed by atoms with Crippen LogP contribution in [-0.4, -0.2) is 0 Å². The molecule has 0 heterocycles. The van der Waals surface area contributed by atoms with Crippen LogP contribution < -0.4 is 5.73 Å². The Morgan fingerprint density at radius 3 is 2.18 bits per heavy atom. The topological polar surface area (TPSA) is 26.0 Å². The van der Waals surface area contributed by atoms with Crippen molar-refractivity contribution in [3.63, 3.8) is 0 Å². The molecule has 11 heavy (non-hydrogen) atoms. The number of aryl methyl sites for hydroxylation is 1. The average Bonchev–Trinajstić information content (AvgIpc) is 1.80. The van der Waals surface area contributed by atoms with Gasteiger partial charge in [-0.25, -0.2) is 4.39 Å². The average molecular weight is 165 g/mol. The van der Waals surface area contributed by atoms with Crippen molar-refractivity contribution < 1.29 is 13.8 Å². The fourth-order valence-electron chi connectivity index (χ4n) is 0.609. The van der Waals surface area contributed by atoms with Gasteiger partial charge < -0.3 is 5.73 Å². The van der Waals surface area contributed by atoms with Gasteiger partial charge in [0, 0.05) is 5.69 Å². The number of hydrogen-bond acceptors (Lipinski definition) is 1. The van der Waals surface area contributed by atoms with Crippen molar-refractivity contribution in [3.8, 4) is 0 Å². The molecule has 0 aliphatic heterocycles. The van der Waals surface area contributed by atoms with Gasteiger partial charge in [-0.3, -0.25) is 9.41 Å². The van der Waals surface area contributed by atoms with Crippen molar-refractivity contribution in [1.82, 2.24) is 0 Å². The van der Waals surface area contributed by atoms with Gasteiger partial charge in [0.25, 0.3) is 0 Å². The van der Waals surface area contributed by atoms with E-state index in [1.807, 2.05) is 0 Å². The van der Waals surface area contributed by atoms with Gasteiger partial charge in [-0.05, 0) is 24.6 Å². The van der Waals surface area contributed by atoms with E-state index in [2.05, 4.69) is 0 Å². The van der Waals surface area contributed by atoms with Crippen LogP contribution in [0.5, 0.6) is 0 Å². The lowest BCUT2D eigenvalue weighted by Gasteiger charge is -1.94. The molecule has 4 heteroatoms. The van der Waals surface area contributed by atoms with Crippen LogP contribution in [0.2, 0.25) is 0 Å². The minimum atomic E-state index is -0.241. The van der Waals surface area contributed by atoms with Crippen LogP contribution in [0.15, 0.2) is 18.2 Å². The molecule has 1 rings (SSSR count). The predicted molar refractivity (Wildman–Crippen MR) is 40.6 cm³/mol. The molecule has 0 unspecified atom stereocenters. The Bertz CT molecular complexity index is 225. The third-order valence-electron chi connectivity index (χ3n) is 1.20. The normalized spacial score (nSPS) is 7.82. The molecular formula is C7H10F3N. The maximum atomic E-state index is 12.5. The summed E-state index contributed by atoms with van der Waals surface area (Å²) < 4.78 is 12.5. The summed E-state index contributed by atoms with van der Waals surface area (Å²) in [5, 5.41) is 0. The maximum absolute atomic E-state index is 12.5. The van der Waals surface area contributed by atoms with Gasteiger partial charge in [0.1, 0.15) is 5.82 Å². The summed E-state index contributed by atoms with van der Waals surface area (Å²) in [6.07, 6.45) is 0. The fourth-order valence-corrected chi connectivity index (χ4v) is 0.609. The molecule has 0 radical (unpaired) electrons. The monoisotopic (exact) mass is 165 g/mol. The molecule has 0 aromatic heterocycles. The molecule has 0 aliphatic rings. The lowest BCUT2D eigenvalue weighted by Crippen LogP contribution is -1.87. The van der Waals surface area contributed by atoms with E-state index < -0.39 is 0 Å². The van der Waals surface area contributed by atoms with E-state index >= 15 is 0 Å². The van der Waals surface area contributed by atoms with E-state index in [-0.39, 0.29) is 15.2 Å². The first kappa shape index (κ1) is 12.5. The van der Waals surface area contributed by atoms with Gasteiger partial charge in [0.05, 0.1) is 0 Å². The molecule has 1 aromatic carbocycles. The van der Waals surface area contributed by atoms with E-state index in [1.54, 1.807) is 19.1 Å². The molecule has 0 bridgehead atoms. The molecule has 0 saturated carbocycles. The quantitative estimate of drug-likeness (QED) is 0.585. The van der Waals surface area contributed by atoms with E-state index in [0.717, 1.165) is 0 Å². The van der Waals surface area contributed by atoms with Gasteiger partial charge in [0.2, 0.25) is 0 Å². The fraction of sp³-hybridized carbons (Fsp3) is 0.143. The van der Waals surface area contributed by atoms with Crippen LogP contribution in [0.4, 0.5) is 19.5 Å². The number of halogens is 3. The zero-order valence-electron chi connectivity index (χ0n) is 6.00. The van der Waals surface area contributed by atoms with Crippen LogP contribution in [0.25, 0.3) is 0 Å². The van der Waals surface area contributed by atoms with E-state index in [4.69, 9.17) is 5.73 Å². The number of anilines is 1. The molecular weight excluding hydrogens is 155 g/mol. The molecule has 1 nitrogen and oxygen atoms in total. The van der Waals surface area contributed by atoms with Crippen molar-refractivity contribution in [3.05, 3.63) is 29.6 Å². The smallest absolute Gasteiger partial charge is 0.128 e. The lowest BCUT2D eigenvalue weighted by molar-refractivity contribution is 0.619. The Balaban J connectivity index is 0. The minimum Gasteiger partial charge on any atom is -0.399 e. The predicted octanol–water partition coefficient (Wildman–Crippen LogP) is 2.02. The number of nitrogen functional groups attached to an aromatic ring is 1. The van der Waals surface area contributed by atoms with E-state index in [0.29, 0.717) is 11.3 Å². The lowest BCUT2D eigenvalue weighted by atomic mass is 10.2. The summed E-state index contributed by atoms with van der Waals surface area (Å²) in [6.45, 7) is 1.70. The van der Waals surface area contributed by atoms with Gasteiger partial charge >= 0.3 is 0 Å². The Labute approximate surface area is 62.8 Å². The van der Waals surface area contributed by atoms with Crippen molar-refractivity contribution in [2.24, 2.45) is 0 Å². The summed E-state index contributed by atoms with van der Waals surface area (Å²) in [7, 11) is 0. The number of hydrogen-bond donors (Lipinski definition) is 1. The van der Waals surface area contributed by atoms with Gasteiger partial charge in [-0.1, -0.05) is 6.07 Å². The molecule has 0 amide bonds. The summed E-state index contributed by atoms with van der Waals surface area (Å²) in [4.78, 5) is 0. The first-order valence-electron chi connectivity index (χ1n) is 2.72. The molecule has 2 N–H and O–H groups in total. The first-order chi connectivity index (χ1) is 4.20. The van der Waals surface area contributed by atoms with Crippen LogP contribution in [0, 0.1) is 12.7 Å². The second-order valence-electron chi connectivity index (χ2n) is 2.01. The summed E-state index contributed by atoms with van der Waals surface area (Å²) in [5.74, 6) is -0.241. The highest BCUT2D eigenvalue weighted by Crippen LogP contribution is 2.09. The minimum absolute atomic E-state index is 0. The van der Waals surface area contributed by atoms with Gasteiger partial charge in [0.15, 0.2) is 0 Å². The van der Waals surface area contributed by atoms with Crippen LogP contribution in [0.3, 0.4) is 0 Å². The highest BCUT2D eigenvalue weighted by molar-refractivity contribution is 5.39. The molecule has 0 atom stereocenters. The molecule has 0 saturated heterocycles. The highest BCUT2D eigenvalue weighted by Gasteiger charge is 1.93. The van der Waals surface area contributed by atoms with Gasteiger partial charge in [-0.2, -0.15) is 0 Å². The molecule has 0 fully saturated rings. The van der Waals surface area contributed by atoms with Crippen molar-refractivity contribution in [2.75, 3.05) is 5.73 Å². The SMILES string of the molecule is Cc1ccc(N)cc1F.F.F. The van der Waals surface area contributed by atoms with Gasteiger partial charge in [-0.15, -0.1) is 0 Å². The maximum Gasteiger partial charge on any atom is 0.128 e. The Hall–Kier alpha value is -1.19.